The lowest BCUT2D eigenvalue weighted by Gasteiger charge is -2.23. The first-order valence-corrected chi connectivity index (χ1v) is 7.60. The van der Waals surface area contributed by atoms with Gasteiger partial charge in [0.25, 0.3) is 11.6 Å². The summed E-state index contributed by atoms with van der Waals surface area (Å²) < 4.78 is 0. The molecule has 0 aliphatic heterocycles. The maximum Gasteiger partial charge on any atom is 0.282 e. The van der Waals surface area contributed by atoms with Gasteiger partial charge in [0, 0.05) is 17.5 Å². The van der Waals surface area contributed by atoms with Crippen LogP contribution in [0.3, 0.4) is 0 Å². The van der Waals surface area contributed by atoms with Crippen LogP contribution in [-0.4, -0.2) is 36.4 Å². The number of nitro groups is 1. The second kappa shape index (κ2) is 7.15. The van der Waals surface area contributed by atoms with Gasteiger partial charge >= 0.3 is 0 Å². The molecule has 0 radical (unpaired) electrons. The minimum atomic E-state index is -0.544. The highest BCUT2D eigenvalue weighted by atomic mass is 32.1. The minimum absolute atomic E-state index is 0.0340. The Balaban J connectivity index is 2.11. The van der Waals surface area contributed by atoms with Crippen molar-refractivity contribution in [3.05, 3.63) is 62.3 Å². The van der Waals surface area contributed by atoms with Crippen LogP contribution in [0.4, 0.5) is 5.69 Å². The summed E-state index contributed by atoms with van der Waals surface area (Å²) in [5, 5.41) is 15.7. The molecule has 0 spiro atoms. The van der Waals surface area contributed by atoms with Gasteiger partial charge in [-0.15, -0.1) is 11.3 Å². The van der Waals surface area contributed by atoms with Crippen molar-refractivity contribution in [1.29, 1.82) is 0 Å². The fourth-order valence-electron chi connectivity index (χ4n) is 2.13. The molecule has 1 N–H and O–H groups in total. The highest BCUT2D eigenvalue weighted by Crippen LogP contribution is 2.23. The van der Waals surface area contributed by atoms with E-state index in [9.17, 15) is 14.9 Å². The van der Waals surface area contributed by atoms with Crippen molar-refractivity contribution in [2.75, 3.05) is 20.6 Å². The van der Waals surface area contributed by atoms with Crippen molar-refractivity contribution in [2.24, 2.45) is 0 Å². The Morgan fingerprint density at radius 2 is 2.05 bits per heavy atom. The molecule has 7 heteroatoms. The standard InChI is InChI=1S/C15H17N3O3S/c1-17(2)13(14-8-5-9-22-14)10-16-15(19)11-6-3-4-7-12(11)18(20)21/h3-9,13H,10H2,1-2H3,(H,16,19). The van der Waals surface area contributed by atoms with Gasteiger partial charge in [-0.3, -0.25) is 14.9 Å². The molecule has 1 unspecified atom stereocenters. The molecule has 0 aliphatic carbocycles. The molecule has 1 aromatic carbocycles. The highest BCUT2D eigenvalue weighted by Gasteiger charge is 2.21. The number of amides is 1. The van der Waals surface area contributed by atoms with Crippen molar-refractivity contribution >= 4 is 22.9 Å². The zero-order valence-electron chi connectivity index (χ0n) is 12.4. The quantitative estimate of drug-likeness (QED) is 0.656. The van der Waals surface area contributed by atoms with Gasteiger partial charge in [0.15, 0.2) is 0 Å². The minimum Gasteiger partial charge on any atom is -0.350 e. The third-order valence-electron chi connectivity index (χ3n) is 3.30. The number of carbonyl (C=O) groups excluding carboxylic acids is 1. The van der Waals surface area contributed by atoms with Gasteiger partial charge in [0.05, 0.1) is 11.0 Å². The Hall–Kier alpha value is -2.25. The van der Waals surface area contributed by atoms with E-state index < -0.39 is 10.8 Å². The van der Waals surface area contributed by atoms with Crippen molar-refractivity contribution < 1.29 is 9.72 Å². The maximum absolute atomic E-state index is 12.2. The zero-order valence-corrected chi connectivity index (χ0v) is 13.2. The fraction of sp³-hybridized carbons (Fsp3) is 0.267. The van der Waals surface area contributed by atoms with Gasteiger partial charge in [-0.2, -0.15) is 0 Å². The van der Waals surface area contributed by atoms with Crippen LogP contribution in [-0.2, 0) is 0 Å². The van der Waals surface area contributed by atoms with E-state index in [1.165, 1.54) is 12.1 Å². The third-order valence-corrected chi connectivity index (χ3v) is 4.27. The van der Waals surface area contributed by atoms with E-state index in [1.807, 2.05) is 36.5 Å². The van der Waals surface area contributed by atoms with Crippen molar-refractivity contribution in [3.8, 4) is 0 Å². The summed E-state index contributed by atoms with van der Waals surface area (Å²) >= 11 is 1.61. The number of hydrogen-bond donors (Lipinski definition) is 1. The monoisotopic (exact) mass is 319 g/mol. The van der Waals surface area contributed by atoms with E-state index in [1.54, 1.807) is 23.5 Å². The summed E-state index contributed by atoms with van der Waals surface area (Å²) in [4.78, 5) is 25.8. The van der Waals surface area contributed by atoms with Gasteiger partial charge < -0.3 is 10.2 Å². The summed E-state index contributed by atoms with van der Waals surface area (Å²) in [6, 6.07) is 9.95. The number of likely N-dealkylation sites (N-methyl/N-ethyl adjacent to an activating group) is 1. The summed E-state index contributed by atoms with van der Waals surface area (Å²) in [7, 11) is 3.86. The Morgan fingerprint density at radius 3 is 2.64 bits per heavy atom. The lowest BCUT2D eigenvalue weighted by Crippen LogP contribution is -2.34. The van der Waals surface area contributed by atoms with Crippen molar-refractivity contribution in [1.82, 2.24) is 10.2 Å². The van der Waals surface area contributed by atoms with E-state index in [4.69, 9.17) is 0 Å². The zero-order chi connectivity index (χ0) is 16.1. The molecule has 1 amide bonds. The van der Waals surface area contributed by atoms with Crippen LogP contribution >= 0.6 is 11.3 Å². The van der Waals surface area contributed by atoms with Crippen LogP contribution in [0.15, 0.2) is 41.8 Å². The molecule has 22 heavy (non-hydrogen) atoms. The largest absolute Gasteiger partial charge is 0.350 e. The normalized spacial score (nSPS) is 12.1. The molecule has 0 bridgehead atoms. The lowest BCUT2D eigenvalue weighted by molar-refractivity contribution is -0.385. The molecule has 0 saturated carbocycles. The summed E-state index contributed by atoms with van der Waals surface area (Å²) in [5.74, 6) is -0.435. The number of thiophene rings is 1. The van der Waals surface area contributed by atoms with Gasteiger partial charge in [-0.1, -0.05) is 18.2 Å². The number of carbonyl (C=O) groups is 1. The molecular weight excluding hydrogens is 302 g/mol. The Kier molecular flexibility index (Phi) is 5.24. The number of rotatable bonds is 6. The molecule has 1 heterocycles. The van der Waals surface area contributed by atoms with E-state index in [2.05, 4.69) is 5.32 Å². The molecule has 2 aromatic rings. The van der Waals surface area contributed by atoms with E-state index in [0.717, 1.165) is 4.88 Å². The number of nitrogens with one attached hydrogen (secondary N) is 1. The first kappa shape index (κ1) is 16.1. The van der Waals surface area contributed by atoms with Gasteiger partial charge in [-0.05, 0) is 31.6 Å². The van der Waals surface area contributed by atoms with Crippen LogP contribution in [0.1, 0.15) is 21.3 Å². The van der Waals surface area contributed by atoms with Crippen molar-refractivity contribution in [3.63, 3.8) is 0 Å². The first-order chi connectivity index (χ1) is 10.5. The highest BCUT2D eigenvalue weighted by molar-refractivity contribution is 7.10. The molecule has 1 atom stereocenters. The average molecular weight is 319 g/mol. The number of para-hydroxylation sites is 1. The van der Waals surface area contributed by atoms with Crippen LogP contribution in [0, 0.1) is 10.1 Å². The molecule has 0 fully saturated rings. The van der Waals surface area contributed by atoms with Crippen LogP contribution in [0.5, 0.6) is 0 Å². The number of nitrogens with zero attached hydrogens (tertiary/aromatic N) is 2. The molecule has 0 saturated heterocycles. The van der Waals surface area contributed by atoms with Gasteiger partial charge in [0.2, 0.25) is 0 Å². The number of nitro benzene ring substituents is 1. The summed E-state index contributed by atoms with van der Waals surface area (Å²) in [6.07, 6.45) is 0. The Labute approximate surface area is 132 Å². The number of benzene rings is 1. The molecule has 1 aromatic heterocycles. The molecule has 0 aliphatic rings. The Morgan fingerprint density at radius 1 is 1.32 bits per heavy atom. The smallest absolute Gasteiger partial charge is 0.282 e. The van der Waals surface area contributed by atoms with Crippen LogP contribution in [0.2, 0.25) is 0 Å². The topological polar surface area (TPSA) is 75.5 Å². The van der Waals surface area contributed by atoms with E-state index >= 15 is 0 Å². The predicted octanol–water partition coefficient (Wildman–Crippen LogP) is 2.69. The second-order valence-corrected chi connectivity index (χ2v) is 5.96. The SMILES string of the molecule is CN(C)C(CNC(=O)c1ccccc1[N+](=O)[O-])c1cccs1. The van der Waals surface area contributed by atoms with E-state index in [-0.39, 0.29) is 17.3 Å². The second-order valence-electron chi connectivity index (χ2n) is 4.98. The predicted molar refractivity (Wildman–Crippen MR) is 86.2 cm³/mol. The fourth-order valence-corrected chi connectivity index (χ4v) is 3.05. The number of hydrogen-bond acceptors (Lipinski definition) is 5. The first-order valence-electron chi connectivity index (χ1n) is 6.72. The van der Waals surface area contributed by atoms with Gasteiger partial charge in [-0.25, -0.2) is 0 Å². The summed E-state index contributed by atoms with van der Waals surface area (Å²) in [6.45, 7) is 0.387. The van der Waals surface area contributed by atoms with E-state index in [0.29, 0.717) is 6.54 Å². The molecular formula is C15H17N3O3S. The molecule has 6 nitrogen and oxygen atoms in total. The maximum atomic E-state index is 12.2. The van der Waals surface area contributed by atoms with Crippen LogP contribution < -0.4 is 5.32 Å². The van der Waals surface area contributed by atoms with Crippen LogP contribution in [0.25, 0.3) is 0 Å². The molecule has 116 valence electrons. The third kappa shape index (κ3) is 3.69. The molecule has 2 rings (SSSR count). The summed E-state index contributed by atoms with van der Waals surface area (Å²) in [5.41, 5.74) is -0.103. The lowest BCUT2D eigenvalue weighted by atomic mass is 10.1. The average Bonchev–Trinajstić information content (AvgIpc) is 3.01. The Bertz CT molecular complexity index is 656. The van der Waals surface area contributed by atoms with Gasteiger partial charge in [0.1, 0.15) is 5.56 Å². The van der Waals surface area contributed by atoms with Crippen molar-refractivity contribution in [2.45, 2.75) is 6.04 Å².